The average Bonchev–Trinajstić information content (AvgIpc) is 2.82. The SMILES string of the molecule is Cc1noc(C)c1C(=O)N1CCC(C(=O)O)C1C. The molecule has 0 radical (unpaired) electrons. The van der Waals surface area contributed by atoms with Crippen molar-refractivity contribution in [2.75, 3.05) is 6.54 Å². The Morgan fingerprint density at radius 3 is 2.56 bits per heavy atom. The summed E-state index contributed by atoms with van der Waals surface area (Å²) in [6.07, 6.45) is 0.492. The first-order chi connectivity index (χ1) is 8.43. The maximum atomic E-state index is 12.4. The first-order valence-corrected chi connectivity index (χ1v) is 5.90. The van der Waals surface area contributed by atoms with Gasteiger partial charge < -0.3 is 14.5 Å². The molecule has 1 fully saturated rings. The normalized spacial score (nSPS) is 23.4. The van der Waals surface area contributed by atoms with Gasteiger partial charge in [-0.05, 0) is 27.2 Å². The van der Waals surface area contributed by atoms with Gasteiger partial charge in [-0.15, -0.1) is 0 Å². The van der Waals surface area contributed by atoms with E-state index in [-0.39, 0.29) is 11.9 Å². The van der Waals surface area contributed by atoms with Crippen LogP contribution in [0.25, 0.3) is 0 Å². The summed E-state index contributed by atoms with van der Waals surface area (Å²) in [5.74, 6) is -1.06. The van der Waals surface area contributed by atoms with Crippen LogP contribution in [0.1, 0.15) is 35.2 Å². The molecule has 2 atom stereocenters. The van der Waals surface area contributed by atoms with Crippen LogP contribution in [-0.4, -0.2) is 39.6 Å². The number of carbonyl (C=O) groups excluding carboxylic acids is 1. The molecule has 1 N–H and O–H groups in total. The average molecular weight is 252 g/mol. The van der Waals surface area contributed by atoms with Gasteiger partial charge in [0, 0.05) is 12.6 Å². The van der Waals surface area contributed by atoms with E-state index in [2.05, 4.69) is 5.16 Å². The zero-order chi connectivity index (χ0) is 13.4. The van der Waals surface area contributed by atoms with E-state index >= 15 is 0 Å². The Kier molecular flexibility index (Phi) is 3.11. The maximum Gasteiger partial charge on any atom is 0.308 e. The highest BCUT2D eigenvalue weighted by atomic mass is 16.5. The van der Waals surface area contributed by atoms with E-state index in [1.807, 2.05) is 0 Å². The monoisotopic (exact) mass is 252 g/mol. The Labute approximate surface area is 105 Å². The molecule has 0 saturated carbocycles. The fourth-order valence-electron chi connectivity index (χ4n) is 2.49. The third-order valence-electron chi connectivity index (χ3n) is 3.58. The number of likely N-dealkylation sites (tertiary alicyclic amines) is 1. The number of amides is 1. The molecule has 18 heavy (non-hydrogen) atoms. The highest BCUT2D eigenvalue weighted by Gasteiger charge is 2.39. The quantitative estimate of drug-likeness (QED) is 0.855. The number of carboxylic acid groups (broad SMARTS) is 1. The molecule has 98 valence electrons. The van der Waals surface area contributed by atoms with Crippen molar-refractivity contribution in [2.24, 2.45) is 5.92 Å². The van der Waals surface area contributed by atoms with Crippen LogP contribution in [0.5, 0.6) is 0 Å². The molecule has 1 aliphatic rings. The minimum absolute atomic E-state index is 0.192. The molecule has 1 aromatic heterocycles. The smallest absolute Gasteiger partial charge is 0.308 e. The van der Waals surface area contributed by atoms with Crippen LogP contribution in [0.15, 0.2) is 4.52 Å². The molecule has 6 nitrogen and oxygen atoms in total. The largest absolute Gasteiger partial charge is 0.481 e. The van der Waals surface area contributed by atoms with Crippen molar-refractivity contribution in [3.05, 3.63) is 17.0 Å². The van der Waals surface area contributed by atoms with Crippen molar-refractivity contribution < 1.29 is 19.2 Å². The minimum Gasteiger partial charge on any atom is -0.481 e. The van der Waals surface area contributed by atoms with Crippen molar-refractivity contribution in [1.29, 1.82) is 0 Å². The van der Waals surface area contributed by atoms with Gasteiger partial charge in [-0.25, -0.2) is 0 Å². The van der Waals surface area contributed by atoms with E-state index in [1.54, 1.807) is 25.7 Å². The number of aliphatic carboxylic acids is 1. The second kappa shape index (κ2) is 4.44. The van der Waals surface area contributed by atoms with Crippen molar-refractivity contribution >= 4 is 11.9 Å². The predicted molar refractivity (Wildman–Crippen MR) is 62.2 cm³/mol. The lowest BCUT2D eigenvalue weighted by atomic mass is 10.0. The number of aromatic nitrogens is 1. The lowest BCUT2D eigenvalue weighted by Gasteiger charge is -2.23. The number of hydrogen-bond acceptors (Lipinski definition) is 4. The van der Waals surface area contributed by atoms with E-state index in [9.17, 15) is 9.59 Å². The first kappa shape index (κ1) is 12.6. The fourth-order valence-corrected chi connectivity index (χ4v) is 2.49. The first-order valence-electron chi connectivity index (χ1n) is 5.90. The highest BCUT2D eigenvalue weighted by molar-refractivity contribution is 5.96. The van der Waals surface area contributed by atoms with Gasteiger partial charge in [0.2, 0.25) is 0 Å². The molecule has 1 amide bonds. The molecular formula is C12H16N2O4. The molecule has 1 saturated heterocycles. The fraction of sp³-hybridized carbons (Fsp3) is 0.583. The van der Waals surface area contributed by atoms with Gasteiger partial charge in [0.25, 0.3) is 5.91 Å². The third kappa shape index (κ3) is 1.87. The molecule has 0 aliphatic carbocycles. The summed E-state index contributed by atoms with van der Waals surface area (Å²) in [6.45, 7) is 5.62. The third-order valence-corrected chi connectivity index (χ3v) is 3.58. The number of carboxylic acids is 1. The molecule has 1 aliphatic heterocycles. The molecule has 2 heterocycles. The van der Waals surface area contributed by atoms with Crippen LogP contribution >= 0.6 is 0 Å². The summed E-state index contributed by atoms with van der Waals surface area (Å²) >= 11 is 0. The Balaban J connectivity index is 2.24. The molecule has 6 heteroatoms. The Hall–Kier alpha value is -1.85. The van der Waals surface area contributed by atoms with E-state index < -0.39 is 11.9 Å². The molecule has 2 rings (SSSR count). The minimum atomic E-state index is -0.850. The zero-order valence-corrected chi connectivity index (χ0v) is 10.6. The van der Waals surface area contributed by atoms with E-state index in [4.69, 9.17) is 9.63 Å². The van der Waals surface area contributed by atoms with Gasteiger partial charge in [-0.3, -0.25) is 9.59 Å². The number of aryl methyl sites for hydroxylation is 2. The Bertz CT molecular complexity index is 475. The summed E-state index contributed by atoms with van der Waals surface area (Å²) in [7, 11) is 0. The standard InChI is InChI=1S/C12H16N2O4/c1-6-10(8(3)18-13-6)11(15)14-5-4-9(7(14)2)12(16)17/h7,9H,4-5H2,1-3H3,(H,16,17). The molecule has 1 aromatic rings. The van der Waals surface area contributed by atoms with Gasteiger partial charge in [0.1, 0.15) is 11.3 Å². The highest BCUT2D eigenvalue weighted by Crippen LogP contribution is 2.27. The van der Waals surface area contributed by atoms with Gasteiger partial charge >= 0.3 is 5.97 Å². The van der Waals surface area contributed by atoms with Gasteiger partial charge in [-0.1, -0.05) is 5.16 Å². The second-order valence-corrected chi connectivity index (χ2v) is 4.67. The molecule has 0 spiro atoms. The van der Waals surface area contributed by atoms with Crippen LogP contribution < -0.4 is 0 Å². The van der Waals surface area contributed by atoms with Crippen LogP contribution in [0.3, 0.4) is 0 Å². The van der Waals surface area contributed by atoms with E-state index in [1.165, 1.54) is 0 Å². The summed E-state index contributed by atoms with van der Waals surface area (Å²) in [5.41, 5.74) is 0.997. The van der Waals surface area contributed by atoms with Crippen molar-refractivity contribution in [1.82, 2.24) is 10.1 Å². The van der Waals surface area contributed by atoms with Crippen LogP contribution in [0.2, 0.25) is 0 Å². The molecule has 2 unspecified atom stereocenters. The van der Waals surface area contributed by atoms with E-state index in [0.29, 0.717) is 30.0 Å². The van der Waals surface area contributed by atoms with Crippen molar-refractivity contribution in [2.45, 2.75) is 33.2 Å². The summed E-state index contributed by atoms with van der Waals surface area (Å²) < 4.78 is 4.97. The number of nitrogens with zero attached hydrogens (tertiary/aromatic N) is 2. The maximum absolute atomic E-state index is 12.4. The number of hydrogen-bond donors (Lipinski definition) is 1. The predicted octanol–water partition coefficient (Wildman–Crippen LogP) is 1.23. The molecular weight excluding hydrogens is 236 g/mol. The lowest BCUT2D eigenvalue weighted by Crippen LogP contribution is -2.38. The van der Waals surface area contributed by atoms with Gasteiger partial charge in [-0.2, -0.15) is 0 Å². The summed E-state index contributed by atoms with van der Waals surface area (Å²) in [6, 6.07) is -0.302. The molecule has 0 aromatic carbocycles. The van der Waals surface area contributed by atoms with Crippen molar-refractivity contribution in [3.63, 3.8) is 0 Å². The number of rotatable bonds is 2. The van der Waals surface area contributed by atoms with Crippen LogP contribution in [-0.2, 0) is 4.79 Å². The Morgan fingerprint density at radius 1 is 1.44 bits per heavy atom. The molecule has 0 bridgehead atoms. The second-order valence-electron chi connectivity index (χ2n) is 4.67. The topological polar surface area (TPSA) is 83.6 Å². The van der Waals surface area contributed by atoms with Crippen molar-refractivity contribution in [3.8, 4) is 0 Å². The van der Waals surface area contributed by atoms with Gasteiger partial charge in [0.15, 0.2) is 0 Å². The van der Waals surface area contributed by atoms with Gasteiger partial charge in [0.05, 0.1) is 11.6 Å². The van der Waals surface area contributed by atoms with Crippen LogP contribution in [0.4, 0.5) is 0 Å². The van der Waals surface area contributed by atoms with E-state index in [0.717, 1.165) is 0 Å². The summed E-state index contributed by atoms with van der Waals surface area (Å²) in [5, 5.41) is 12.8. The van der Waals surface area contributed by atoms with Crippen LogP contribution in [0, 0.1) is 19.8 Å². The zero-order valence-electron chi connectivity index (χ0n) is 10.6. The lowest BCUT2D eigenvalue weighted by molar-refractivity contribution is -0.142. The number of carbonyl (C=O) groups is 2. The summed E-state index contributed by atoms with van der Waals surface area (Å²) in [4.78, 5) is 25.0. The Morgan fingerprint density at radius 2 is 2.11 bits per heavy atom.